The highest BCUT2D eigenvalue weighted by molar-refractivity contribution is 6.99. The number of benzene rings is 1. The number of hydrogen-bond donors (Lipinski definition) is 1. The largest absolute Gasteiger partial charge is 0.494 e. The van der Waals surface area contributed by atoms with E-state index < -0.39 is 0 Å². The minimum absolute atomic E-state index is 0.191. The van der Waals surface area contributed by atoms with Gasteiger partial charge in [0.15, 0.2) is 6.61 Å². The number of amides is 1. The number of hydrogen-bond acceptors (Lipinski definition) is 9. The Labute approximate surface area is 161 Å². The van der Waals surface area contributed by atoms with Crippen LogP contribution in [0.1, 0.15) is 12.5 Å². The van der Waals surface area contributed by atoms with Crippen LogP contribution in [-0.4, -0.2) is 60.4 Å². The van der Waals surface area contributed by atoms with Crippen LogP contribution in [-0.2, 0) is 9.53 Å². The van der Waals surface area contributed by atoms with Crippen molar-refractivity contribution in [2.75, 3.05) is 44.4 Å². The molecule has 0 radical (unpaired) electrons. The van der Waals surface area contributed by atoms with Crippen molar-refractivity contribution in [2.24, 2.45) is 5.10 Å². The number of hydrazone groups is 1. The van der Waals surface area contributed by atoms with Crippen LogP contribution in [0, 0.1) is 0 Å². The zero-order valence-corrected chi connectivity index (χ0v) is 15.8. The van der Waals surface area contributed by atoms with Crippen molar-refractivity contribution < 1.29 is 19.0 Å². The summed E-state index contributed by atoms with van der Waals surface area (Å²) in [6.45, 7) is 5.07. The van der Waals surface area contributed by atoms with Crippen LogP contribution in [0.2, 0.25) is 0 Å². The fourth-order valence-corrected chi connectivity index (χ4v) is 2.92. The standard InChI is InChI=1S/C17H21N5O4S/c1-2-25-14-5-3-13(4-6-14)11-18-19-15(23)12-26-17-16(20-27-21-17)22-7-9-24-10-8-22/h3-6,11H,2,7-10,12H2,1H3,(H,19,23)/b18-11+. The number of aromatic nitrogens is 2. The van der Waals surface area contributed by atoms with E-state index in [1.165, 1.54) is 0 Å². The van der Waals surface area contributed by atoms with E-state index in [1.807, 2.05) is 36.1 Å². The smallest absolute Gasteiger partial charge is 0.278 e. The normalized spacial score (nSPS) is 14.3. The monoisotopic (exact) mass is 391 g/mol. The minimum Gasteiger partial charge on any atom is -0.494 e. The minimum atomic E-state index is -0.377. The highest BCUT2D eigenvalue weighted by Crippen LogP contribution is 2.26. The quantitative estimate of drug-likeness (QED) is 0.535. The summed E-state index contributed by atoms with van der Waals surface area (Å²) in [5.74, 6) is 1.42. The predicted molar refractivity (Wildman–Crippen MR) is 102 cm³/mol. The maximum absolute atomic E-state index is 11.9. The van der Waals surface area contributed by atoms with Gasteiger partial charge in [-0.2, -0.15) is 9.47 Å². The Morgan fingerprint density at radius 1 is 1.30 bits per heavy atom. The maximum Gasteiger partial charge on any atom is 0.278 e. The molecule has 1 aliphatic heterocycles. The first kappa shape index (κ1) is 19.1. The van der Waals surface area contributed by atoms with E-state index in [0.29, 0.717) is 31.5 Å². The second-order valence-corrected chi connectivity index (χ2v) is 6.10. The predicted octanol–water partition coefficient (Wildman–Crippen LogP) is 1.30. The van der Waals surface area contributed by atoms with E-state index in [1.54, 1.807) is 6.21 Å². The van der Waals surface area contributed by atoms with E-state index in [0.717, 1.165) is 36.1 Å². The molecule has 0 spiro atoms. The van der Waals surface area contributed by atoms with Gasteiger partial charge in [0.1, 0.15) is 5.75 Å². The van der Waals surface area contributed by atoms with E-state index in [2.05, 4.69) is 19.3 Å². The number of carbonyl (C=O) groups is 1. The second kappa shape index (κ2) is 9.83. The van der Waals surface area contributed by atoms with Gasteiger partial charge < -0.3 is 19.1 Å². The first-order valence-corrected chi connectivity index (χ1v) is 9.32. The topological polar surface area (TPSA) is 98.2 Å². The molecule has 1 saturated heterocycles. The molecule has 2 heterocycles. The van der Waals surface area contributed by atoms with Gasteiger partial charge in [0.05, 0.1) is 37.8 Å². The second-order valence-electron chi connectivity index (χ2n) is 5.58. The summed E-state index contributed by atoms with van der Waals surface area (Å²) in [4.78, 5) is 13.9. The Morgan fingerprint density at radius 3 is 2.81 bits per heavy atom. The third-order valence-corrected chi connectivity index (χ3v) is 4.19. The van der Waals surface area contributed by atoms with Crippen LogP contribution >= 0.6 is 11.7 Å². The molecule has 144 valence electrons. The summed E-state index contributed by atoms with van der Waals surface area (Å²) in [7, 11) is 0. The van der Waals surface area contributed by atoms with Gasteiger partial charge in [-0.3, -0.25) is 4.79 Å². The van der Waals surface area contributed by atoms with Crippen molar-refractivity contribution in [1.29, 1.82) is 0 Å². The molecule has 1 aromatic heterocycles. The Balaban J connectivity index is 1.45. The Bertz CT molecular complexity index is 759. The highest BCUT2D eigenvalue weighted by Gasteiger charge is 2.20. The van der Waals surface area contributed by atoms with Gasteiger partial charge in [-0.25, -0.2) is 5.43 Å². The van der Waals surface area contributed by atoms with Crippen molar-refractivity contribution in [3.63, 3.8) is 0 Å². The number of nitrogens with zero attached hydrogens (tertiary/aromatic N) is 4. The van der Waals surface area contributed by atoms with Crippen molar-refractivity contribution in [3.8, 4) is 11.6 Å². The van der Waals surface area contributed by atoms with Crippen molar-refractivity contribution in [3.05, 3.63) is 29.8 Å². The van der Waals surface area contributed by atoms with Crippen LogP contribution in [0.25, 0.3) is 0 Å². The van der Waals surface area contributed by atoms with E-state index in [9.17, 15) is 4.79 Å². The average molecular weight is 391 g/mol. The van der Waals surface area contributed by atoms with Crippen LogP contribution in [0.3, 0.4) is 0 Å². The summed E-state index contributed by atoms with van der Waals surface area (Å²) >= 11 is 1.05. The number of rotatable bonds is 8. The Kier molecular flexibility index (Phi) is 6.94. The molecule has 9 nitrogen and oxygen atoms in total. The maximum atomic E-state index is 11.9. The van der Waals surface area contributed by atoms with Crippen LogP contribution in [0.5, 0.6) is 11.6 Å². The molecule has 2 aromatic rings. The number of nitrogens with one attached hydrogen (secondary N) is 1. The van der Waals surface area contributed by atoms with Gasteiger partial charge >= 0.3 is 0 Å². The SMILES string of the molecule is CCOc1ccc(/C=N/NC(=O)COc2nsnc2N2CCOCC2)cc1. The summed E-state index contributed by atoms with van der Waals surface area (Å²) in [6, 6.07) is 7.40. The van der Waals surface area contributed by atoms with Gasteiger partial charge in [0, 0.05) is 13.1 Å². The van der Waals surface area contributed by atoms with Gasteiger partial charge in [-0.1, -0.05) is 0 Å². The lowest BCUT2D eigenvalue weighted by atomic mass is 10.2. The zero-order chi connectivity index (χ0) is 18.9. The third kappa shape index (κ3) is 5.63. The Hall–Kier alpha value is -2.72. The Morgan fingerprint density at radius 2 is 2.07 bits per heavy atom. The van der Waals surface area contributed by atoms with E-state index >= 15 is 0 Å². The van der Waals surface area contributed by atoms with Crippen molar-refractivity contribution >= 4 is 29.7 Å². The third-order valence-electron chi connectivity index (χ3n) is 3.69. The first-order chi connectivity index (χ1) is 13.3. The molecule has 1 N–H and O–H groups in total. The molecule has 3 rings (SSSR count). The molecule has 0 unspecified atom stereocenters. The lowest BCUT2D eigenvalue weighted by Gasteiger charge is -2.26. The van der Waals surface area contributed by atoms with Gasteiger partial charge in [-0.05, 0) is 36.8 Å². The van der Waals surface area contributed by atoms with Gasteiger partial charge in [0.25, 0.3) is 11.8 Å². The van der Waals surface area contributed by atoms with Gasteiger partial charge in [0.2, 0.25) is 5.82 Å². The molecule has 10 heteroatoms. The zero-order valence-electron chi connectivity index (χ0n) is 15.0. The number of ether oxygens (including phenoxy) is 3. The van der Waals surface area contributed by atoms with E-state index in [4.69, 9.17) is 14.2 Å². The van der Waals surface area contributed by atoms with E-state index in [-0.39, 0.29) is 12.5 Å². The number of anilines is 1. The molecular formula is C17H21N5O4S. The first-order valence-electron chi connectivity index (χ1n) is 8.59. The number of morpholine rings is 1. The summed E-state index contributed by atoms with van der Waals surface area (Å²) in [5, 5.41) is 3.92. The molecule has 0 saturated carbocycles. The van der Waals surface area contributed by atoms with Gasteiger partial charge in [-0.15, -0.1) is 4.37 Å². The molecule has 27 heavy (non-hydrogen) atoms. The molecule has 0 aliphatic carbocycles. The lowest BCUT2D eigenvalue weighted by Crippen LogP contribution is -2.36. The molecule has 1 aliphatic rings. The molecular weight excluding hydrogens is 370 g/mol. The molecule has 1 fully saturated rings. The lowest BCUT2D eigenvalue weighted by molar-refractivity contribution is -0.123. The van der Waals surface area contributed by atoms with Crippen LogP contribution < -0.4 is 19.8 Å². The fourth-order valence-electron chi connectivity index (χ4n) is 2.40. The van der Waals surface area contributed by atoms with Crippen LogP contribution in [0.4, 0.5) is 5.82 Å². The molecule has 1 aromatic carbocycles. The molecule has 0 bridgehead atoms. The summed E-state index contributed by atoms with van der Waals surface area (Å²) < 4.78 is 24.5. The van der Waals surface area contributed by atoms with Crippen LogP contribution in [0.15, 0.2) is 29.4 Å². The summed E-state index contributed by atoms with van der Waals surface area (Å²) in [6.07, 6.45) is 1.55. The number of carbonyl (C=O) groups excluding carboxylic acids is 1. The molecule has 1 amide bonds. The average Bonchev–Trinajstić information content (AvgIpc) is 3.17. The summed E-state index contributed by atoms with van der Waals surface area (Å²) in [5.41, 5.74) is 3.27. The van der Waals surface area contributed by atoms with Crippen molar-refractivity contribution in [1.82, 2.24) is 14.2 Å². The molecule has 0 atom stereocenters. The highest BCUT2D eigenvalue weighted by atomic mass is 32.1. The fraction of sp³-hybridized carbons (Fsp3) is 0.412. The van der Waals surface area contributed by atoms with Crippen molar-refractivity contribution in [2.45, 2.75) is 6.92 Å².